The van der Waals surface area contributed by atoms with Crippen molar-refractivity contribution in [2.45, 2.75) is 6.10 Å². The fourth-order valence-corrected chi connectivity index (χ4v) is 3.07. The lowest BCUT2D eigenvalue weighted by atomic mass is 10.1. The van der Waals surface area contributed by atoms with E-state index in [1.807, 2.05) is 11.0 Å². The number of likely N-dealkylation sites (N-methyl/N-ethyl adjacent to an activating group) is 1. The third kappa shape index (κ3) is 3.53. The highest BCUT2D eigenvalue weighted by atomic mass is 19.1. The van der Waals surface area contributed by atoms with E-state index in [-0.39, 0.29) is 17.2 Å². The molecule has 26 heavy (non-hydrogen) atoms. The van der Waals surface area contributed by atoms with Crippen LogP contribution in [0.15, 0.2) is 35.4 Å². The Balaban J connectivity index is 1.75. The van der Waals surface area contributed by atoms with E-state index in [0.717, 1.165) is 0 Å². The van der Waals surface area contributed by atoms with Crippen molar-refractivity contribution in [1.82, 2.24) is 9.55 Å². The molecule has 1 fully saturated rings. The van der Waals surface area contributed by atoms with Crippen molar-refractivity contribution in [3.05, 3.63) is 52.3 Å². The van der Waals surface area contributed by atoms with Crippen LogP contribution in [-0.2, 0) is 11.8 Å². The van der Waals surface area contributed by atoms with Gasteiger partial charge in [-0.2, -0.15) is 5.26 Å². The predicted molar refractivity (Wildman–Crippen MR) is 95.8 cm³/mol. The van der Waals surface area contributed by atoms with Gasteiger partial charge in [0.25, 0.3) is 5.56 Å². The molecule has 0 amide bonds. The highest BCUT2D eigenvalue weighted by molar-refractivity contribution is 5.60. The van der Waals surface area contributed by atoms with Crippen LogP contribution in [0.5, 0.6) is 0 Å². The molecule has 0 aliphatic carbocycles. The number of nitriles is 1. The fraction of sp³-hybridized carbons (Fsp3) is 0.389. The Bertz CT molecular complexity index is 892. The number of rotatable bonds is 4. The largest absolute Gasteiger partial charge is 0.373 e. The average Bonchev–Trinajstić information content (AvgIpc) is 2.64. The summed E-state index contributed by atoms with van der Waals surface area (Å²) in [7, 11) is 3.46. The molecule has 0 bridgehead atoms. The predicted octanol–water partition coefficient (Wildman–Crippen LogP) is 1.13. The highest BCUT2D eigenvalue weighted by Crippen LogP contribution is 2.24. The Morgan fingerprint density at radius 1 is 1.50 bits per heavy atom. The summed E-state index contributed by atoms with van der Waals surface area (Å²) < 4.78 is 21.2. The lowest BCUT2D eigenvalue weighted by Crippen LogP contribution is -2.48. The molecule has 0 spiro atoms. The highest BCUT2D eigenvalue weighted by Gasteiger charge is 2.25. The van der Waals surface area contributed by atoms with Crippen molar-refractivity contribution in [3.63, 3.8) is 0 Å². The first-order valence-corrected chi connectivity index (χ1v) is 8.29. The third-order valence-corrected chi connectivity index (χ3v) is 4.42. The van der Waals surface area contributed by atoms with Crippen LogP contribution >= 0.6 is 0 Å². The number of aryl methyl sites for hydroxylation is 1. The van der Waals surface area contributed by atoms with Gasteiger partial charge in [-0.25, -0.2) is 9.37 Å². The summed E-state index contributed by atoms with van der Waals surface area (Å²) in [5.41, 5.74) is 0.428. The van der Waals surface area contributed by atoms with Crippen molar-refractivity contribution in [2.24, 2.45) is 7.05 Å². The van der Waals surface area contributed by atoms with E-state index in [1.165, 1.54) is 10.6 Å². The molecule has 0 unspecified atom stereocenters. The summed E-state index contributed by atoms with van der Waals surface area (Å²) in [6.07, 6.45) is 2.98. The minimum absolute atomic E-state index is 0.0418. The number of ether oxygens (including phenoxy) is 1. The maximum Gasteiger partial charge on any atom is 0.293 e. The molecule has 2 aromatic rings. The van der Waals surface area contributed by atoms with Crippen LogP contribution in [0.4, 0.5) is 15.9 Å². The normalized spacial score (nSPS) is 17.0. The van der Waals surface area contributed by atoms with Gasteiger partial charge in [0, 0.05) is 46.1 Å². The zero-order chi connectivity index (χ0) is 18.7. The zero-order valence-electron chi connectivity index (χ0n) is 14.7. The fourth-order valence-electron chi connectivity index (χ4n) is 3.07. The molecule has 7 nitrogen and oxygen atoms in total. The van der Waals surface area contributed by atoms with E-state index < -0.39 is 5.82 Å². The van der Waals surface area contributed by atoms with Gasteiger partial charge in [0.1, 0.15) is 17.4 Å². The number of aromatic nitrogens is 2. The van der Waals surface area contributed by atoms with Crippen LogP contribution in [0.25, 0.3) is 0 Å². The summed E-state index contributed by atoms with van der Waals surface area (Å²) in [5.74, 6) is -0.179. The molecular formula is C18H20FN5O2. The SMILES string of the molecule is CN(C[C@H]1CN(c2cccc(F)c2C#N)CCO1)c1nccn(C)c1=O. The van der Waals surface area contributed by atoms with Crippen LogP contribution in [0.3, 0.4) is 0 Å². The maximum atomic E-state index is 13.9. The molecule has 0 saturated carbocycles. The lowest BCUT2D eigenvalue weighted by Gasteiger charge is -2.36. The van der Waals surface area contributed by atoms with Crippen molar-refractivity contribution < 1.29 is 9.13 Å². The number of morpholine rings is 1. The molecule has 1 saturated heterocycles. The molecule has 0 N–H and O–H groups in total. The van der Waals surface area contributed by atoms with Gasteiger partial charge < -0.3 is 19.1 Å². The number of nitrogens with zero attached hydrogens (tertiary/aromatic N) is 5. The van der Waals surface area contributed by atoms with Crippen LogP contribution in [0, 0.1) is 17.1 Å². The molecule has 1 atom stereocenters. The van der Waals surface area contributed by atoms with Gasteiger partial charge in [0.15, 0.2) is 5.82 Å². The lowest BCUT2D eigenvalue weighted by molar-refractivity contribution is 0.0457. The van der Waals surface area contributed by atoms with Crippen LogP contribution < -0.4 is 15.4 Å². The molecule has 1 aromatic carbocycles. The number of benzene rings is 1. The van der Waals surface area contributed by atoms with E-state index in [9.17, 15) is 14.4 Å². The van der Waals surface area contributed by atoms with Gasteiger partial charge in [-0.3, -0.25) is 4.79 Å². The second kappa shape index (κ2) is 7.54. The van der Waals surface area contributed by atoms with Crippen molar-refractivity contribution >= 4 is 11.5 Å². The number of halogens is 1. The first-order valence-electron chi connectivity index (χ1n) is 8.29. The third-order valence-electron chi connectivity index (χ3n) is 4.42. The van der Waals surface area contributed by atoms with E-state index in [1.54, 1.807) is 43.5 Å². The Morgan fingerprint density at radius 3 is 3.08 bits per heavy atom. The van der Waals surface area contributed by atoms with E-state index in [0.29, 0.717) is 37.7 Å². The van der Waals surface area contributed by atoms with E-state index in [4.69, 9.17) is 4.74 Å². The van der Waals surface area contributed by atoms with E-state index >= 15 is 0 Å². The van der Waals surface area contributed by atoms with Gasteiger partial charge in [-0.1, -0.05) is 6.07 Å². The Kier molecular flexibility index (Phi) is 5.19. The van der Waals surface area contributed by atoms with Crippen molar-refractivity contribution in [2.75, 3.05) is 43.1 Å². The van der Waals surface area contributed by atoms with Crippen molar-refractivity contribution in [3.8, 4) is 6.07 Å². The molecular weight excluding hydrogens is 337 g/mol. The summed E-state index contributed by atoms with van der Waals surface area (Å²) in [6.45, 7) is 1.99. The van der Waals surface area contributed by atoms with E-state index in [2.05, 4.69) is 4.98 Å². The zero-order valence-corrected chi connectivity index (χ0v) is 14.7. The quantitative estimate of drug-likeness (QED) is 0.817. The van der Waals surface area contributed by atoms with Crippen LogP contribution in [-0.4, -0.2) is 48.9 Å². The first-order chi connectivity index (χ1) is 12.5. The van der Waals surface area contributed by atoms with Crippen LogP contribution in [0.1, 0.15) is 5.56 Å². The topological polar surface area (TPSA) is 74.4 Å². The standard InChI is InChI=1S/C18H20FN5O2/c1-22-7-6-21-17(18(22)25)23(2)11-13-12-24(8-9-26-13)16-5-3-4-15(19)14(16)10-20/h3-7,13H,8-9,11-12H2,1-2H3/t13-/m0/s1. The monoisotopic (exact) mass is 357 g/mol. The summed E-state index contributed by atoms with van der Waals surface area (Å²) >= 11 is 0. The molecule has 1 aromatic heterocycles. The first kappa shape index (κ1) is 17.9. The average molecular weight is 357 g/mol. The Labute approximate surface area is 150 Å². The van der Waals surface area contributed by atoms with Crippen LogP contribution in [0.2, 0.25) is 0 Å². The molecule has 3 rings (SSSR count). The van der Waals surface area contributed by atoms with Gasteiger partial charge in [-0.15, -0.1) is 0 Å². The molecule has 0 radical (unpaired) electrons. The van der Waals surface area contributed by atoms with Gasteiger partial charge in [-0.05, 0) is 12.1 Å². The smallest absolute Gasteiger partial charge is 0.293 e. The minimum Gasteiger partial charge on any atom is -0.373 e. The summed E-state index contributed by atoms with van der Waals surface area (Å²) in [6, 6.07) is 6.55. The molecule has 136 valence electrons. The molecule has 1 aliphatic rings. The Hall–Kier alpha value is -2.92. The summed E-state index contributed by atoms with van der Waals surface area (Å²) in [4.78, 5) is 20.0. The molecule has 2 heterocycles. The summed E-state index contributed by atoms with van der Waals surface area (Å²) in [5, 5.41) is 9.24. The van der Waals surface area contributed by atoms with Crippen molar-refractivity contribution in [1.29, 1.82) is 5.26 Å². The molecule has 1 aliphatic heterocycles. The second-order valence-electron chi connectivity index (χ2n) is 6.23. The Morgan fingerprint density at radius 2 is 2.31 bits per heavy atom. The number of hydrogen-bond acceptors (Lipinski definition) is 6. The maximum absolute atomic E-state index is 13.9. The van der Waals surface area contributed by atoms with Gasteiger partial charge in [0.2, 0.25) is 0 Å². The minimum atomic E-state index is -0.526. The number of hydrogen-bond donors (Lipinski definition) is 0. The number of anilines is 2. The molecule has 8 heteroatoms. The second-order valence-corrected chi connectivity index (χ2v) is 6.23. The van der Waals surface area contributed by atoms with Gasteiger partial charge >= 0.3 is 0 Å². The van der Waals surface area contributed by atoms with Gasteiger partial charge in [0.05, 0.1) is 18.4 Å².